The number of carbonyl (C=O) groups is 1. The molecule has 1 N–H and O–H groups in total. The second-order valence-electron chi connectivity index (χ2n) is 5.66. The molecule has 1 unspecified atom stereocenters. The average molecular weight is 355 g/mol. The number of amidine groups is 1. The van der Waals surface area contributed by atoms with Gasteiger partial charge >= 0.3 is 0 Å². The fourth-order valence-electron chi connectivity index (χ4n) is 3.04. The molecule has 3 rings (SSSR count). The second-order valence-corrected chi connectivity index (χ2v) is 6.09. The van der Waals surface area contributed by atoms with Crippen molar-refractivity contribution in [2.24, 2.45) is 10.9 Å². The fraction of sp³-hybridized carbons (Fsp3) is 0.211. The van der Waals surface area contributed by atoms with Crippen LogP contribution in [0.25, 0.3) is 0 Å². The van der Waals surface area contributed by atoms with Gasteiger partial charge in [0, 0.05) is 30.5 Å². The number of carbonyl (C=O) groups excluding carboxylic acids is 1. The number of nitrogens with one attached hydrogen (secondary N) is 1. The summed E-state index contributed by atoms with van der Waals surface area (Å²) in [5.74, 6) is -0.766. The number of benzene rings is 2. The summed E-state index contributed by atoms with van der Waals surface area (Å²) in [6.45, 7) is 2.52. The molecule has 0 bridgehead atoms. The number of halogens is 1. The van der Waals surface area contributed by atoms with Gasteiger partial charge in [0.15, 0.2) is 0 Å². The number of hydrogen-bond donors (Lipinski definition) is 1. The largest absolute Gasteiger partial charge is 0.328 e. The van der Waals surface area contributed by atoms with Gasteiger partial charge in [-0.2, -0.15) is 0 Å². The fourth-order valence-corrected chi connectivity index (χ4v) is 3.21. The van der Waals surface area contributed by atoms with E-state index in [9.17, 15) is 4.79 Å². The third-order valence-corrected chi connectivity index (χ3v) is 4.40. The Morgan fingerprint density at radius 1 is 1.20 bits per heavy atom. The van der Waals surface area contributed by atoms with Gasteiger partial charge in [-0.05, 0) is 37.3 Å². The van der Waals surface area contributed by atoms with Gasteiger partial charge in [0.2, 0.25) is 5.91 Å². The third kappa shape index (κ3) is 3.03. The van der Waals surface area contributed by atoms with E-state index in [4.69, 9.17) is 17.0 Å². The zero-order valence-corrected chi connectivity index (χ0v) is 14.9. The first kappa shape index (κ1) is 17.2. The number of para-hydroxylation sites is 1. The Kier molecular flexibility index (Phi) is 4.86. The predicted octanol–water partition coefficient (Wildman–Crippen LogP) is 4.14. The highest BCUT2D eigenvalue weighted by Crippen LogP contribution is 2.40. The Bertz CT molecular complexity index is 835. The Balaban J connectivity index is 2.29. The molecule has 0 spiro atoms. The van der Waals surface area contributed by atoms with Gasteiger partial charge < -0.3 is 4.90 Å². The Morgan fingerprint density at radius 3 is 2.56 bits per heavy atom. The first-order valence-corrected chi connectivity index (χ1v) is 8.43. The molecule has 0 saturated carbocycles. The number of anilines is 3. The van der Waals surface area contributed by atoms with Gasteiger partial charge in [-0.1, -0.05) is 29.8 Å². The molecule has 128 valence electrons. The van der Waals surface area contributed by atoms with Crippen LogP contribution in [0.15, 0.2) is 53.5 Å². The number of amides is 1. The van der Waals surface area contributed by atoms with Crippen molar-refractivity contribution in [2.45, 2.75) is 6.92 Å². The van der Waals surface area contributed by atoms with Crippen LogP contribution in [0.2, 0.25) is 5.02 Å². The standard InChI is InChI=1S/C19H19ClN4O/c1-3-23-16-10-9-13(20)11-17(16)24(14-7-5-4-6-8-14)19(25)15(12-22-2)18(23)21/h4-12,15,21H,3H2,1-2H3. The molecule has 0 aromatic heterocycles. The van der Waals surface area contributed by atoms with Crippen molar-refractivity contribution in [3.8, 4) is 0 Å². The Hall–Kier alpha value is -2.66. The quantitative estimate of drug-likeness (QED) is 0.842. The van der Waals surface area contributed by atoms with Crippen molar-refractivity contribution in [2.75, 3.05) is 23.4 Å². The van der Waals surface area contributed by atoms with Crippen molar-refractivity contribution < 1.29 is 4.79 Å². The molecule has 0 fully saturated rings. The minimum atomic E-state index is -0.753. The van der Waals surface area contributed by atoms with E-state index in [0.717, 1.165) is 11.4 Å². The normalized spacial score (nSPS) is 17.8. The lowest BCUT2D eigenvalue weighted by atomic mass is 10.1. The van der Waals surface area contributed by atoms with Gasteiger partial charge in [0.1, 0.15) is 11.8 Å². The van der Waals surface area contributed by atoms with Crippen LogP contribution in [0.1, 0.15) is 6.92 Å². The van der Waals surface area contributed by atoms with Gasteiger partial charge in [0.05, 0.1) is 11.4 Å². The molecule has 25 heavy (non-hydrogen) atoms. The van der Waals surface area contributed by atoms with Crippen molar-refractivity contribution in [1.82, 2.24) is 0 Å². The predicted molar refractivity (Wildman–Crippen MR) is 104 cm³/mol. The summed E-state index contributed by atoms with van der Waals surface area (Å²) >= 11 is 6.22. The molecule has 5 nitrogen and oxygen atoms in total. The summed E-state index contributed by atoms with van der Waals surface area (Å²) in [5.41, 5.74) is 2.18. The minimum absolute atomic E-state index is 0.208. The summed E-state index contributed by atoms with van der Waals surface area (Å²) in [6.07, 6.45) is 1.52. The van der Waals surface area contributed by atoms with Crippen molar-refractivity contribution in [3.63, 3.8) is 0 Å². The van der Waals surface area contributed by atoms with E-state index in [0.29, 0.717) is 17.3 Å². The maximum atomic E-state index is 13.3. The molecule has 1 aliphatic rings. The van der Waals surface area contributed by atoms with Gasteiger partial charge in [0.25, 0.3) is 0 Å². The van der Waals surface area contributed by atoms with E-state index in [1.54, 1.807) is 24.1 Å². The van der Waals surface area contributed by atoms with Crippen LogP contribution in [-0.2, 0) is 4.79 Å². The molecular formula is C19H19ClN4O. The van der Waals surface area contributed by atoms with Gasteiger partial charge in [-0.3, -0.25) is 20.1 Å². The number of fused-ring (bicyclic) bond motifs is 1. The SMILES string of the molecule is CCN1C(=N)C(C=NC)C(=O)N(c2ccccc2)c2cc(Cl)ccc21. The first-order valence-electron chi connectivity index (χ1n) is 8.05. The van der Waals surface area contributed by atoms with Crippen molar-refractivity contribution in [1.29, 1.82) is 5.41 Å². The average Bonchev–Trinajstić information content (AvgIpc) is 2.70. The lowest BCUT2D eigenvalue weighted by Gasteiger charge is -2.25. The highest BCUT2D eigenvalue weighted by molar-refractivity contribution is 6.32. The van der Waals surface area contributed by atoms with Crippen LogP contribution in [0.5, 0.6) is 0 Å². The minimum Gasteiger partial charge on any atom is -0.328 e. The lowest BCUT2D eigenvalue weighted by Crippen LogP contribution is -2.41. The molecular weight excluding hydrogens is 336 g/mol. The summed E-state index contributed by atoms with van der Waals surface area (Å²) < 4.78 is 0. The number of rotatable bonds is 3. The Morgan fingerprint density at radius 2 is 1.92 bits per heavy atom. The molecule has 6 heteroatoms. The summed E-state index contributed by atoms with van der Waals surface area (Å²) in [5, 5.41) is 9.11. The van der Waals surface area contributed by atoms with Crippen LogP contribution >= 0.6 is 11.6 Å². The van der Waals surface area contributed by atoms with E-state index in [1.165, 1.54) is 6.21 Å². The van der Waals surface area contributed by atoms with Crippen LogP contribution in [0, 0.1) is 11.3 Å². The monoisotopic (exact) mass is 354 g/mol. The Labute approximate surface area is 152 Å². The molecule has 1 amide bonds. The van der Waals surface area contributed by atoms with E-state index >= 15 is 0 Å². The second kappa shape index (κ2) is 7.07. The van der Waals surface area contributed by atoms with E-state index in [2.05, 4.69) is 4.99 Å². The van der Waals surface area contributed by atoms with Crippen LogP contribution < -0.4 is 9.80 Å². The summed E-state index contributed by atoms with van der Waals surface area (Å²) in [7, 11) is 1.61. The zero-order valence-electron chi connectivity index (χ0n) is 14.1. The molecule has 0 saturated heterocycles. The first-order chi connectivity index (χ1) is 12.1. The van der Waals surface area contributed by atoms with E-state index in [-0.39, 0.29) is 11.7 Å². The maximum Gasteiger partial charge on any atom is 0.247 e. The van der Waals surface area contributed by atoms with Gasteiger partial charge in [-0.25, -0.2) is 0 Å². The summed E-state index contributed by atoms with van der Waals surface area (Å²) in [4.78, 5) is 20.8. The topological polar surface area (TPSA) is 59.8 Å². The molecule has 2 aromatic carbocycles. The van der Waals surface area contributed by atoms with Crippen molar-refractivity contribution in [3.05, 3.63) is 53.6 Å². The molecule has 1 heterocycles. The number of aliphatic imine (C=N–C) groups is 1. The summed E-state index contributed by atoms with van der Waals surface area (Å²) in [6, 6.07) is 14.8. The van der Waals surface area contributed by atoms with Crippen LogP contribution in [0.4, 0.5) is 17.1 Å². The van der Waals surface area contributed by atoms with E-state index < -0.39 is 5.92 Å². The number of hydrogen-bond acceptors (Lipinski definition) is 3. The van der Waals surface area contributed by atoms with E-state index in [1.807, 2.05) is 48.2 Å². The lowest BCUT2D eigenvalue weighted by molar-refractivity contribution is -0.118. The third-order valence-electron chi connectivity index (χ3n) is 4.17. The number of nitrogens with zero attached hydrogens (tertiary/aromatic N) is 3. The maximum absolute atomic E-state index is 13.3. The van der Waals surface area contributed by atoms with Crippen LogP contribution in [0.3, 0.4) is 0 Å². The molecule has 0 radical (unpaired) electrons. The molecule has 2 aromatic rings. The molecule has 1 atom stereocenters. The molecule has 0 aliphatic carbocycles. The highest BCUT2D eigenvalue weighted by atomic mass is 35.5. The highest BCUT2D eigenvalue weighted by Gasteiger charge is 2.37. The van der Waals surface area contributed by atoms with Crippen molar-refractivity contribution >= 4 is 46.6 Å². The van der Waals surface area contributed by atoms with Gasteiger partial charge in [-0.15, -0.1) is 0 Å². The molecule has 1 aliphatic heterocycles. The van der Waals surface area contributed by atoms with Crippen LogP contribution in [-0.4, -0.2) is 31.5 Å². The zero-order chi connectivity index (χ0) is 18.0. The smallest absolute Gasteiger partial charge is 0.247 e.